The number of aliphatic carboxylic acids is 2. The minimum atomic E-state index is -1.98. The predicted molar refractivity (Wildman–Crippen MR) is 388 cm³/mol. The Labute approximate surface area is 619 Å². The van der Waals surface area contributed by atoms with Gasteiger partial charge in [0.2, 0.25) is 65.0 Å². The summed E-state index contributed by atoms with van der Waals surface area (Å²) < 4.78 is 5.83. The van der Waals surface area contributed by atoms with Gasteiger partial charge in [0.1, 0.15) is 71.9 Å². The molecule has 0 aliphatic carbocycles. The topological polar surface area (TPSA) is 513 Å². The first-order chi connectivity index (χ1) is 50.3. The summed E-state index contributed by atoms with van der Waals surface area (Å²) in [5.74, 6) is -14.6. The number of carbonyl (C=O) groups excluding carboxylic acids is 12. The molecule has 1 fully saturated rings. The largest absolute Gasteiger partial charge is 0.508 e. The Hall–Kier alpha value is -9.30. The fraction of sp³-hybridized carbons (Fsp3) is 0.649. The number of fused-ring (bicyclic) bond motifs is 23. The number of phenols is 1. The van der Waals surface area contributed by atoms with Gasteiger partial charge in [0.25, 0.3) is 0 Å². The van der Waals surface area contributed by atoms with E-state index in [1.165, 1.54) is 81.1 Å². The summed E-state index contributed by atoms with van der Waals surface area (Å²) in [7, 11) is 0. The molecule has 0 aromatic heterocycles. The lowest BCUT2D eigenvalue weighted by atomic mass is 9.97. The highest BCUT2D eigenvalue weighted by Crippen LogP contribution is 2.23. The lowest BCUT2D eigenvalue weighted by molar-refractivity contribution is -0.143. The lowest BCUT2D eigenvalue weighted by Crippen LogP contribution is -2.62. The first-order valence-electron chi connectivity index (χ1n) is 37.2. The Kier molecular flexibility index (Phi) is 39.2. The number of ether oxygens (including phenoxy) is 1. The summed E-state index contributed by atoms with van der Waals surface area (Å²) in [5, 5.41) is 74.4. The number of rotatable bonds is 37. The molecule has 18 N–H and O–H groups in total. The number of benzene rings is 2. The number of aliphatic hydroxyl groups excluding tert-OH is 2. The smallest absolute Gasteiger partial charge is 0.334 e. The number of nitrogens with two attached hydrogens (primary N) is 2. The zero-order valence-electron chi connectivity index (χ0n) is 62.0. The van der Waals surface area contributed by atoms with E-state index in [9.17, 15) is 92.7 Å². The summed E-state index contributed by atoms with van der Waals surface area (Å²) in [5.41, 5.74) is 12.1. The van der Waals surface area contributed by atoms with Crippen LogP contribution in [0.25, 0.3) is 0 Å². The van der Waals surface area contributed by atoms with Crippen molar-refractivity contribution in [3.05, 3.63) is 59.7 Å². The van der Waals surface area contributed by atoms with Crippen molar-refractivity contribution in [2.24, 2.45) is 23.3 Å². The number of carboxylic acid groups (broad SMARTS) is 2. The van der Waals surface area contributed by atoms with Crippen LogP contribution < -0.4 is 64.1 Å². The molecule has 11 amide bonds. The number of hydrogen-bond acceptors (Lipinski definition) is 19. The maximum absolute atomic E-state index is 14.8. The number of nitrogens with one attached hydrogen (secondary N) is 9. The van der Waals surface area contributed by atoms with Gasteiger partial charge in [0, 0.05) is 38.6 Å². The Morgan fingerprint density at radius 1 is 0.594 bits per heavy atom. The predicted octanol–water partition coefficient (Wildman–Crippen LogP) is 1.72. The van der Waals surface area contributed by atoms with Crippen LogP contribution in [0.2, 0.25) is 0 Å². The van der Waals surface area contributed by atoms with Crippen molar-refractivity contribution in [2.45, 2.75) is 281 Å². The monoisotopic (exact) mass is 1490 g/mol. The second kappa shape index (κ2) is 46.6. The number of carbonyl (C=O) groups is 14. The molecule has 13 atom stereocenters. The van der Waals surface area contributed by atoms with E-state index in [-0.39, 0.29) is 68.7 Å². The molecular formula is C74H114N12O20. The summed E-state index contributed by atoms with van der Waals surface area (Å²) >= 11 is 0. The van der Waals surface area contributed by atoms with Crippen LogP contribution in [0.4, 0.5) is 0 Å². The van der Waals surface area contributed by atoms with Gasteiger partial charge in [-0.3, -0.25) is 62.3 Å². The third kappa shape index (κ3) is 31.8. The molecular weight excluding hydrogens is 1380 g/mol. The molecule has 13 unspecified atom stereocenters. The molecule has 2 aromatic rings. The number of unbranched alkanes of at least 4 members (excludes halogenated alkanes) is 8. The molecule has 0 saturated carbocycles. The quantitative estimate of drug-likeness (QED) is 0.0198. The van der Waals surface area contributed by atoms with E-state index < -0.39 is 213 Å². The second-order valence-corrected chi connectivity index (χ2v) is 28.1. The molecule has 3 aliphatic rings. The molecule has 2 bridgehead atoms. The second-order valence-electron chi connectivity index (χ2n) is 28.1. The molecule has 3 aliphatic heterocycles. The number of hydrogen-bond donors (Lipinski definition) is 16. The lowest BCUT2D eigenvalue weighted by Gasteiger charge is -2.31. The van der Waals surface area contributed by atoms with Crippen molar-refractivity contribution in [1.29, 1.82) is 0 Å². The average Bonchev–Trinajstić information content (AvgIpc) is 1.62. The van der Waals surface area contributed by atoms with Crippen molar-refractivity contribution in [1.82, 2.24) is 52.8 Å². The fourth-order valence-electron chi connectivity index (χ4n) is 12.4. The molecule has 0 radical (unpaired) electrons. The molecule has 2 aromatic carbocycles. The molecule has 0 spiro atoms. The van der Waals surface area contributed by atoms with Gasteiger partial charge in [0.05, 0.1) is 18.6 Å². The maximum Gasteiger partial charge on any atom is 0.334 e. The number of primary amides is 1. The fourth-order valence-corrected chi connectivity index (χ4v) is 12.4. The number of amides is 11. The van der Waals surface area contributed by atoms with Gasteiger partial charge >= 0.3 is 17.9 Å². The average molecular weight is 1490 g/mol. The van der Waals surface area contributed by atoms with Crippen molar-refractivity contribution in [2.75, 3.05) is 13.1 Å². The molecule has 3 heterocycles. The Bertz CT molecular complexity index is 3250. The molecule has 5 rings (SSSR count). The Morgan fingerprint density at radius 2 is 1.14 bits per heavy atom. The molecule has 32 nitrogen and oxygen atoms in total. The highest BCUT2D eigenvalue weighted by molar-refractivity contribution is 5.99. The van der Waals surface area contributed by atoms with Crippen LogP contribution in [0, 0.1) is 11.8 Å². The number of phenolic OH excluding ortho intramolecular Hbond substituents is 1. The highest BCUT2D eigenvalue weighted by atomic mass is 16.5. The summed E-state index contributed by atoms with van der Waals surface area (Å²) in [6.07, 6.45) is 3.96. The van der Waals surface area contributed by atoms with Gasteiger partial charge < -0.3 is 94.5 Å². The Balaban J connectivity index is 1.75. The summed E-state index contributed by atoms with van der Waals surface area (Å²) in [6.45, 7) is 10.4. The van der Waals surface area contributed by atoms with Crippen molar-refractivity contribution in [3.63, 3.8) is 0 Å². The van der Waals surface area contributed by atoms with E-state index >= 15 is 0 Å². The Morgan fingerprint density at radius 3 is 1.71 bits per heavy atom. The van der Waals surface area contributed by atoms with Crippen LogP contribution in [0.1, 0.15) is 207 Å². The van der Waals surface area contributed by atoms with Gasteiger partial charge in [-0.25, -0.2) is 4.79 Å². The number of nitrogens with zero attached hydrogens (tertiary/aromatic N) is 1. The highest BCUT2D eigenvalue weighted by Gasteiger charge is 2.42. The normalized spacial score (nSPS) is 21.8. The first kappa shape index (κ1) is 89.1. The van der Waals surface area contributed by atoms with Gasteiger partial charge in [-0.05, 0) is 118 Å². The number of aliphatic hydroxyl groups is 2. The van der Waals surface area contributed by atoms with Crippen LogP contribution in [-0.4, -0.2) is 199 Å². The van der Waals surface area contributed by atoms with E-state index in [0.29, 0.717) is 30.7 Å². The van der Waals surface area contributed by atoms with Crippen molar-refractivity contribution >= 4 is 82.9 Å². The van der Waals surface area contributed by atoms with E-state index in [0.717, 1.165) is 43.9 Å². The zero-order chi connectivity index (χ0) is 78.6. The van der Waals surface area contributed by atoms with Gasteiger partial charge in [0.15, 0.2) is 0 Å². The number of aromatic hydroxyl groups is 1. The number of carboxylic acids is 2. The van der Waals surface area contributed by atoms with Gasteiger partial charge in [-0.2, -0.15) is 0 Å². The minimum absolute atomic E-state index is 0.0226. The first-order valence-corrected chi connectivity index (χ1v) is 37.2. The van der Waals surface area contributed by atoms with E-state index in [1.54, 1.807) is 13.8 Å². The van der Waals surface area contributed by atoms with Crippen molar-refractivity contribution in [3.8, 4) is 11.5 Å². The minimum Gasteiger partial charge on any atom is -0.508 e. The van der Waals surface area contributed by atoms with E-state index in [1.807, 2.05) is 0 Å². The molecule has 106 heavy (non-hydrogen) atoms. The molecule has 590 valence electrons. The number of esters is 1. The van der Waals surface area contributed by atoms with Gasteiger partial charge in [-0.15, -0.1) is 0 Å². The summed E-state index contributed by atoms with van der Waals surface area (Å²) in [4.78, 5) is 195. The van der Waals surface area contributed by atoms with Crippen LogP contribution in [-0.2, 0) is 80.0 Å². The third-order valence-corrected chi connectivity index (χ3v) is 18.9. The maximum atomic E-state index is 14.8. The van der Waals surface area contributed by atoms with Crippen LogP contribution in [0.3, 0.4) is 0 Å². The zero-order valence-corrected chi connectivity index (χ0v) is 62.0. The van der Waals surface area contributed by atoms with Crippen LogP contribution in [0.15, 0.2) is 48.5 Å². The third-order valence-electron chi connectivity index (χ3n) is 18.9. The standard InChI is InChI=1S/C74H114N12O20/c1-7-44(5)63-74(105)106-50-30-26-47(27-31-50)41-57(82-65(96)52(22-18-38-75)79-66(97)53(33-36-61(92)93)77-60(91)42-49(89)21-17-15-13-11-9-10-12-14-16-20-43(3)4)70(101)85-64(45(6)87)72(103)81-55(34-37-62(94)95)67(98)78-51(8-2)73(104)86-39-19-23-58(86)71(102)80-54(32-35-59(76)90)68(99)83-56(69(100)84-63)40-46-24-28-48(88)29-25-46/h24-31,43-45,49,51-58,63-64,87-89H,7-23,32-42,75H2,1-6H3,(H2,76,90)(H,77,91)(H,78,98)(H,79,97)(H,80,102)(H,81,103)(H,82,96)(H,83,99)(H,84,100)(H,85,101)(H,92,93)(H,94,95). The van der Waals surface area contributed by atoms with Crippen LogP contribution >= 0.6 is 0 Å². The molecule has 32 heteroatoms. The molecule has 1 saturated heterocycles. The summed E-state index contributed by atoms with van der Waals surface area (Å²) in [6, 6.07) is -4.81. The SMILES string of the molecule is CCC1NC(=O)C(CCC(=O)O)NC(=O)C(C(C)O)NC(=O)C(NC(=O)C(CCCN)NC(=O)C(CCC(=O)O)NC(=O)CC(O)CCCCCCCCCCCC(C)C)Cc2ccc(cc2)OC(=O)C(C(C)CC)NC(=O)C(Cc2ccc(O)cc2)NC(=O)C(CCC(N)=O)NC(=O)C2CCCN2C1=O. The van der Waals surface area contributed by atoms with Gasteiger partial charge in [-0.1, -0.05) is 130 Å². The van der Waals surface area contributed by atoms with Crippen LogP contribution in [0.5, 0.6) is 11.5 Å². The van der Waals surface area contributed by atoms with Crippen molar-refractivity contribution < 1.29 is 97.4 Å². The van der Waals surface area contributed by atoms with E-state index in [4.69, 9.17) is 16.2 Å². The van der Waals surface area contributed by atoms with E-state index in [2.05, 4.69) is 61.7 Å².